The van der Waals surface area contributed by atoms with Crippen molar-refractivity contribution in [2.24, 2.45) is 0 Å². The normalized spacial score (nSPS) is 12.0. The Bertz CT molecular complexity index is 631. The third kappa shape index (κ3) is 3.97. The zero-order valence-corrected chi connectivity index (χ0v) is 13.0. The van der Waals surface area contributed by atoms with E-state index < -0.39 is 0 Å². The van der Waals surface area contributed by atoms with E-state index in [-0.39, 0.29) is 12.0 Å². The van der Waals surface area contributed by atoms with Crippen molar-refractivity contribution in [1.82, 2.24) is 5.32 Å². The van der Waals surface area contributed by atoms with Gasteiger partial charge in [0.05, 0.1) is 10.6 Å². The van der Waals surface area contributed by atoms with E-state index in [4.69, 9.17) is 27.9 Å². The van der Waals surface area contributed by atoms with E-state index in [1.54, 1.807) is 37.4 Å². The molecule has 0 fully saturated rings. The van der Waals surface area contributed by atoms with E-state index >= 15 is 0 Å². The number of ether oxygens (including phenoxy) is 1. The standard InChI is InChI=1S/C16H15Cl2NO2/c1-21-15(11-6-2-4-8-13(11)17)10-19-16(20)12-7-3-5-9-14(12)18/h2-9,15H,10H2,1H3,(H,19,20)/t15-/m0/s1. The first-order valence-electron chi connectivity index (χ1n) is 6.43. The maximum atomic E-state index is 12.1. The summed E-state index contributed by atoms with van der Waals surface area (Å²) in [7, 11) is 1.58. The van der Waals surface area contributed by atoms with Crippen LogP contribution in [-0.4, -0.2) is 19.6 Å². The molecule has 0 aliphatic rings. The monoisotopic (exact) mass is 323 g/mol. The zero-order chi connectivity index (χ0) is 15.2. The van der Waals surface area contributed by atoms with Gasteiger partial charge in [0.25, 0.3) is 5.91 Å². The topological polar surface area (TPSA) is 38.3 Å². The van der Waals surface area contributed by atoms with Crippen LogP contribution < -0.4 is 5.32 Å². The number of carbonyl (C=O) groups excluding carboxylic acids is 1. The summed E-state index contributed by atoms with van der Waals surface area (Å²) in [4.78, 5) is 12.1. The predicted molar refractivity (Wildman–Crippen MR) is 85.0 cm³/mol. The highest BCUT2D eigenvalue weighted by Gasteiger charge is 2.16. The Morgan fingerprint density at radius 3 is 2.33 bits per heavy atom. The summed E-state index contributed by atoms with van der Waals surface area (Å²) in [6.07, 6.45) is -0.315. The molecule has 2 aromatic rings. The fourth-order valence-electron chi connectivity index (χ4n) is 1.98. The van der Waals surface area contributed by atoms with Gasteiger partial charge in [-0.1, -0.05) is 53.5 Å². The van der Waals surface area contributed by atoms with Crippen LogP contribution in [0.15, 0.2) is 48.5 Å². The molecule has 0 spiro atoms. The second-order valence-corrected chi connectivity index (χ2v) is 5.25. The molecule has 0 aromatic heterocycles. The SMILES string of the molecule is CO[C@@H](CNC(=O)c1ccccc1Cl)c1ccccc1Cl. The number of hydrogen-bond acceptors (Lipinski definition) is 2. The van der Waals surface area contributed by atoms with Crippen molar-refractivity contribution in [2.45, 2.75) is 6.10 Å². The molecule has 0 radical (unpaired) electrons. The smallest absolute Gasteiger partial charge is 0.252 e. The second kappa shape index (κ2) is 7.46. The van der Waals surface area contributed by atoms with Gasteiger partial charge in [-0.15, -0.1) is 0 Å². The summed E-state index contributed by atoms with van der Waals surface area (Å²) in [5.41, 5.74) is 1.27. The summed E-state index contributed by atoms with van der Waals surface area (Å²) in [6.45, 7) is 0.310. The van der Waals surface area contributed by atoms with E-state index in [0.29, 0.717) is 22.2 Å². The van der Waals surface area contributed by atoms with Crippen LogP contribution in [0.1, 0.15) is 22.0 Å². The Morgan fingerprint density at radius 2 is 1.71 bits per heavy atom. The van der Waals surface area contributed by atoms with Crippen LogP contribution in [-0.2, 0) is 4.74 Å². The van der Waals surface area contributed by atoms with E-state index in [9.17, 15) is 4.79 Å². The van der Waals surface area contributed by atoms with Gasteiger partial charge in [-0.25, -0.2) is 0 Å². The van der Waals surface area contributed by atoms with Crippen molar-refractivity contribution in [2.75, 3.05) is 13.7 Å². The van der Waals surface area contributed by atoms with Crippen LogP contribution in [0, 0.1) is 0 Å². The van der Waals surface area contributed by atoms with Gasteiger partial charge in [0.2, 0.25) is 0 Å². The number of benzene rings is 2. The number of rotatable bonds is 5. The average molecular weight is 324 g/mol. The van der Waals surface area contributed by atoms with Gasteiger partial charge in [0.15, 0.2) is 0 Å². The average Bonchev–Trinajstić information content (AvgIpc) is 2.49. The highest BCUT2D eigenvalue weighted by molar-refractivity contribution is 6.33. The maximum Gasteiger partial charge on any atom is 0.252 e. The van der Waals surface area contributed by atoms with Gasteiger partial charge in [-0.2, -0.15) is 0 Å². The summed E-state index contributed by atoms with van der Waals surface area (Å²) >= 11 is 12.1. The van der Waals surface area contributed by atoms with Crippen molar-refractivity contribution < 1.29 is 9.53 Å². The molecule has 5 heteroatoms. The van der Waals surface area contributed by atoms with Crippen LogP contribution >= 0.6 is 23.2 Å². The minimum absolute atomic E-state index is 0.241. The van der Waals surface area contributed by atoms with Crippen molar-refractivity contribution in [1.29, 1.82) is 0 Å². The van der Waals surface area contributed by atoms with E-state index in [0.717, 1.165) is 5.56 Å². The minimum Gasteiger partial charge on any atom is -0.375 e. The molecule has 1 atom stereocenters. The lowest BCUT2D eigenvalue weighted by Gasteiger charge is -2.18. The number of nitrogens with one attached hydrogen (secondary N) is 1. The Hall–Kier alpha value is -1.55. The lowest BCUT2D eigenvalue weighted by molar-refractivity contribution is 0.0828. The molecule has 0 heterocycles. The molecule has 1 N–H and O–H groups in total. The van der Waals surface area contributed by atoms with Crippen LogP contribution in [0.3, 0.4) is 0 Å². The molecule has 110 valence electrons. The summed E-state index contributed by atoms with van der Waals surface area (Å²) in [5.74, 6) is -0.241. The van der Waals surface area contributed by atoms with Gasteiger partial charge >= 0.3 is 0 Å². The molecule has 0 bridgehead atoms. The Labute approximate surface area is 133 Å². The van der Waals surface area contributed by atoms with Gasteiger partial charge in [-0.3, -0.25) is 4.79 Å². The molecule has 0 unspecified atom stereocenters. The highest BCUT2D eigenvalue weighted by Crippen LogP contribution is 2.24. The van der Waals surface area contributed by atoms with Gasteiger partial charge in [0.1, 0.15) is 6.10 Å². The molecule has 2 aromatic carbocycles. The summed E-state index contributed by atoms with van der Waals surface area (Å²) in [5, 5.41) is 3.84. The fraction of sp³-hybridized carbons (Fsp3) is 0.188. The first-order chi connectivity index (χ1) is 10.1. The minimum atomic E-state index is -0.315. The highest BCUT2D eigenvalue weighted by atomic mass is 35.5. The molecule has 0 saturated heterocycles. The fourth-order valence-corrected chi connectivity index (χ4v) is 2.46. The third-order valence-corrected chi connectivity index (χ3v) is 3.78. The van der Waals surface area contributed by atoms with Gasteiger partial charge in [0, 0.05) is 24.2 Å². The third-order valence-electron chi connectivity index (χ3n) is 3.10. The van der Waals surface area contributed by atoms with Crippen molar-refractivity contribution >= 4 is 29.1 Å². The summed E-state index contributed by atoms with van der Waals surface area (Å²) < 4.78 is 5.40. The number of carbonyl (C=O) groups is 1. The van der Waals surface area contributed by atoms with Crippen LogP contribution in [0.5, 0.6) is 0 Å². The maximum absolute atomic E-state index is 12.1. The van der Waals surface area contributed by atoms with Crippen molar-refractivity contribution in [3.63, 3.8) is 0 Å². The van der Waals surface area contributed by atoms with Crippen molar-refractivity contribution in [3.8, 4) is 0 Å². The Balaban J connectivity index is 2.06. The molecular weight excluding hydrogens is 309 g/mol. The molecule has 1 amide bonds. The molecule has 21 heavy (non-hydrogen) atoms. The largest absolute Gasteiger partial charge is 0.375 e. The second-order valence-electron chi connectivity index (χ2n) is 4.44. The first-order valence-corrected chi connectivity index (χ1v) is 7.19. The van der Waals surface area contributed by atoms with Gasteiger partial charge in [-0.05, 0) is 18.2 Å². The first kappa shape index (κ1) is 15.8. The van der Waals surface area contributed by atoms with E-state index in [1.165, 1.54) is 0 Å². The lowest BCUT2D eigenvalue weighted by Crippen LogP contribution is -2.29. The predicted octanol–water partition coefficient (Wildman–Crippen LogP) is 4.11. The van der Waals surface area contributed by atoms with Crippen LogP contribution in [0.25, 0.3) is 0 Å². The lowest BCUT2D eigenvalue weighted by atomic mass is 10.1. The molecule has 2 rings (SSSR count). The number of methoxy groups -OCH3 is 1. The quantitative estimate of drug-likeness (QED) is 0.899. The van der Waals surface area contributed by atoms with E-state index in [1.807, 2.05) is 18.2 Å². The van der Waals surface area contributed by atoms with Crippen LogP contribution in [0.2, 0.25) is 10.0 Å². The molecule has 3 nitrogen and oxygen atoms in total. The van der Waals surface area contributed by atoms with E-state index in [2.05, 4.69) is 5.32 Å². The molecule has 0 aliphatic heterocycles. The summed E-state index contributed by atoms with van der Waals surface area (Å²) in [6, 6.07) is 14.3. The molecule has 0 aliphatic carbocycles. The number of halogens is 2. The Kier molecular flexibility index (Phi) is 5.62. The molecule has 0 saturated carbocycles. The van der Waals surface area contributed by atoms with Gasteiger partial charge < -0.3 is 10.1 Å². The van der Waals surface area contributed by atoms with Crippen LogP contribution in [0.4, 0.5) is 0 Å². The number of hydrogen-bond donors (Lipinski definition) is 1. The zero-order valence-electron chi connectivity index (χ0n) is 11.5. The number of amides is 1. The van der Waals surface area contributed by atoms with Crippen molar-refractivity contribution in [3.05, 3.63) is 69.7 Å². The molecular formula is C16H15Cl2NO2. The Morgan fingerprint density at radius 1 is 1.10 bits per heavy atom.